The first-order valence-corrected chi connectivity index (χ1v) is 4.98. The Morgan fingerprint density at radius 1 is 1.38 bits per heavy atom. The van der Waals surface area contributed by atoms with Gasteiger partial charge in [-0.15, -0.1) is 0 Å². The highest BCUT2D eigenvalue weighted by atomic mass is 35.5. The Morgan fingerprint density at radius 3 is 2.38 bits per heavy atom. The fourth-order valence-corrected chi connectivity index (χ4v) is 1.59. The van der Waals surface area contributed by atoms with E-state index in [0.29, 0.717) is 11.8 Å². The summed E-state index contributed by atoms with van der Waals surface area (Å²) in [5.41, 5.74) is 0.334. The SMILES string of the molecule is COC(=O)COc1c(Cl)cc(C=O)cc1Cl. The Morgan fingerprint density at radius 2 is 1.94 bits per heavy atom. The van der Waals surface area contributed by atoms with Crippen LogP contribution < -0.4 is 4.74 Å². The maximum Gasteiger partial charge on any atom is 0.343 e. The average Bonchev–Trinajstić information content (AvgIpc) is 2.27. The molecule has 0 amide bonds. The van der Waals surface area contributed by atoms with Gasteiger partial charge in [0.1, 0.15) is 6.29 Å². The van der Waals surface area contributed by atoms with Gasteiger partial charge in [-0.25, -0.2) is 4.79 Å². The van der Waals surface area contributed by atoms with Gasteiger partial charge in [-0.1, -0.05) is 23.2 Å². The fourth-order valence-electron chi connectivity index (χ4n) is 0.975. The summed E-state index contributed by atoms with van der Waals surface area (Å²) in [4.78, 5) is 21.3. The number of aldehydes is 1. The Hall–Kier alpha value is -1.26. The van der Waals surface area contributed by atoms with E-state index in [0.717, 1.165) is 0 Å². The summed E-state index contributed by atoms with van der Waals surface area (Å²) < 4.78 is 9.46. The predicted octanol–water partition coefficient (Wildman–Crippen LogP) is 2.36. The van der Waals surface area contributed by atoms with E-state index in [1.807, 2.05) is 0 Å². The van der Waals surface area contributed by atoms with Gasteiger partial charge in [0.15, 0.2) is 12.4 Å². The lowest BCUT2D eigenvalue weighted by Gasteiger charge is -2.09. The van der Waals surface area contributed by atoms with E-state index in [1.54, 1.807) is 0 Å². The molecule has 86 valence electrons. The molecule has 1 aromatic carbocycles. The van der Waals surface area contributed by atoms with Crippen LogP contribution in [-0.4, -0.2) is 26.0 Å². The maximum absolute atomic E-state index is 10.8. The van der Waals surface area contributed by atoms with Gasteiger partial charge in [0, 0.05) is 5.56 Å². The van der Waals surface area contributed by atoms with Crippen LogP contribution in [-0.2, 0) is 9.53 Å². The van der Waals surface area contributed by atoms with E-state index in [2.05, 4.69) is 4.74 Å². The molecule has 0 N–H and O–H groups in total. The van der Waals surface area contributed by atoms with Crippen LogP contribution in [0.2, 0.25) is 10.0 Å². The van der Waals surface area contributed by atoms with Crippen molar-refractivity contribution in [1.29, 1.82) is 0 Å². The Balaban J connectivity index is 2.88. The van der Waals surface area contributed by atoms with Gasteiger partial charge in [-0.2, -0.15) is 0 Å². The highest BCUT2D eigenvalue weighted by molar-refractivity contribution is 6.37. The van der Waals surface area contributed by atoms with Gasteiger partial charge in [0.2, 0.25) is 0 Å². The summed E-state index contributed by atoms with van der Waals surface area (Å²) in [6, 6.07) is 2.79. The zero-order chi connectivity index (χ0) is 12.1. The Kier molecular flexibility index (Phi) is 4.58. The van der Waals surface area contributed by atoms with Gasteiger partial charge < -0.3 is 9.47 Å². The lowest BCUT2D eigenvalue weighted by atomic mass is 10.2. The molecule has 0 atom stereocenters. The molecule has 0 saturated carbocycles. The monoisotopic (exact) mass is 262 g/mol. The maximum atomic E-state index is 10.8. The number of methoxy groups -OCH3 is 1. The number of hydrogen-bond donors (Lipinski definition) is 0. The summed E-state index contributed by atoms with van der Waals surface area (Å²) in [6.45, 7) is -0.295. The van der Waals surface area contributed by atoms with Crippen molar-refractivity contribution in [2.45, 2.75) is 0 Å². The minimum Gasteiger partial charge on any atom is -0.479 e. The van der Waals surface area contributed by atoms with Crippen LogP contribution in [0.1, 0.15) is 10.4 Å². The normalized spacial score (nSPS) is 9.69. The molecule has 0 aliphatic rings. The molecule has 0 bridgehead atoms. The van der Waals surface area contributed by atoms with Crippen LogP contribution in [0.4, 0.5) is 0 Å². The summed E-state index contributed by atoms with van der Waals surface area (Å²) in [6.07, 6.45) is 0.613. The van der Waals surface area contributed by atoms with Crippen LogP contribution in [0, 0.1) is 0 Å². The first kappa shape index (κ1) is 12.8. The second-order valence-electron chi connectivity index (χ2n) is 2.80. The number of hydrogen-bond acceptors (Lipinski definition) is 4. The fraction of sp³-hybridized carbons (Fsp3) is 0.200. The van der Waals surface area contributed by atoms with E-state index < -0.39 is 5.97 Å². The van der Waals surface area contributed by atoms with Crippen LogP contribution in [0.15, 0.2) is 12.1 Å². The average molecular weight is 263 g/mol. The number of carbonyl (C=O) groups is 2. The highest BCUT2D eigenvalue weighted by Crippen LogP contribution is 2.33. The molecule has 0 heterocycles. The van der Waals surface area contributed by atoms with E-state index >= 15 is 0 Å². The smallest absolute Gasteiger partial charge is 0.343 e. The lowest BCUT2D eigenvalue weighted by Crippen LogP contribution is -2.13. The first-order valence-electron chi connectivity index (χ1n) is 4.22. The summed E-state index contributed by atoms with van der Waals surface area (Å²) >= 11 is 11.6. The van der Waals surface area contributed by atoms with Crippen molar-refractivity contribution in [3.63, 3.8) is 0 Å². The van der Waals surface area contributed by atoms with Crippen molar-refractivity contribution in [3.05, 3.63) is 27.7 Å². The number of halogens is 2. The zero-order valence-corrected chi connectivity index (χ0v) is 9.84. The molecular formula is C10H8Cl2O4. The number of rotatable bonds is 4. The van der Waals surface area contributed by atoms with Crippen molar-refractivity contribution in [1.82, 2.24) is 0 Å². The molecule has 0 unspecified atom stereocenters. The number of carbonyl (C=O) groups excluding carboxylic acids is 2. The van der Waals surface area contributed by atoms with Crippen LogP contribution >= 0.6 is 23.2 Å². The minimum absolute atomic E-state index is 0.152. The van der Waals surface area contributed by atoms with Gasteiger partial charge in [0.25, 0.3) is 0 Å². The lowest BCUT2D eigenvalue weighted by molar-refractivity contribution is -0.142. The summed E-state index contributed by atoms with van der Waals surface area (Å²) in [5.74, 6) is -0.397. The summed E-state index contributed by atoms with van der Waals surface area (Å²) in [7, 11) is 1.24. The van der Waals surface area contributed by atoms with Gasteiger partial charge in [-0.05, 0) is 12.1 Å². The number of benzene rings is 1. The molecule has 16 heavy (non-hydrogen) atoms. The van der Waals surface area contributed by atoms with Crippen molar-refractivity contribution in [2.75, 3.05) is 13.7 Å². The molecule has 1 aromatic rings. The molecule has 0 saturated heterocycles. The quantitative estimate of drug-likeness (QED) is 0.618. The second-order valence-corrected chi connectivity index (χ2v) is 3.61. The third-order valence-electron chi connectivity index (χ3n) is 1.72. The largest absolute Gasteiger partial charge is 0.479 e. The standard InChI is InChI=1S/C10H8Cl2O4/c1-15-9(14)5-16-10-7(11)2-6(4-13)3-8(10)12/h2-4H,5H2,1H3. The number of ether oxygens (including phenoxy) is 2. The molecule has 0 radical (unpaired) electrons. The second kappa shape index (κ2) is 5.72. The topological polar surface area (TPSA) is 52.6 Å². The third kappa shape index (κ3) is 3.12. The van der Waals surface area contributed by atoms with Crippen LogP contribution in [0.5, 0.6) is 5.75 Å². The Bertz CT molecular complexity index is 394. The molecule has 0 aromatic heterocycles. The van der Waals surface area contributed by atoms with Gasteiger partial charge in [0.05, 0.1) is 17.2 Å². The van der Waals surface area contributed by atoms with Crippen molar-refractivity contribution >= 4 is 35.5 Å². The molecule has 4 nitrogen and oxygen atoms in total. The third-order valence-corrected chi connectivity index (χ3v) is 2.28. The molecule has 0 spiro atoms. The zero-order valence-electron chi connectivity index (χ0n) is 8.33. The predicted molar refractivity (Wildman–Crippen MR) is 59.4 cm³/mol. The minimum atomic E-state index is -0.549. The molecule has 1 rings (SSSR count). The van der Waals surface area contributed by atoms with E-state index in [9.17, 15) is 9.59 Å². The van der Waals surface area contributed by atoms with Gasteiger partial charge >= 0.3 is 5.97 Å². The van der Waals surface area contributed by atoms with E-state index in [1.165, 1.54) is 19.2 Å². The first-order chi connectivity index (χ1) is 7.58. The Labute approximate surface area is 102 Å². The van der Waals surface area contributed by atoms with Crippen LogP contribution in [0.25, 0.3) is 0 Å². The molecule has 6 heteroatoms. The highest BCUT2D eigenvalue weighted by Gasteiger charge is 2.11. The van der Waals surface area contributed by atoms with E-state index in [-0.39, 0.29) is 22.4 Å². The molecule has 0 aliphatic heterocycles. The summed E-state index contributed by atoms with van der Waals surface area (Å²) in [5, 5.41) is 0.331. The van der Waals surface area contributed by atoms with Crippen molar-refractivity contribution < 1.29 is 19.1 Å². The van der Waals surface area contributed by atoms with Crippen LogP contribution in [0.3, 0.4) is 0 Å². The number of esters is 1. The van der Waals surface area contributed by atoms with Crippen molar-refractivity contribution in [2.24, 2.45) is 0 Å². The van der Waals surface area contributed by atoms with Crippen molar-refractivity contribution in [3.8, 4) is 5.75 Å². The molecule has 0 aliphatic carbocycles. The van der Waals surface area contributed by atoms with E-state index in [4.69, 9.17) is 27.9 Å². The molecular weight excluding hydrogens is 255 g/mol. The molecule has 0 fully saturated rings. The van der Waals surface area contributed by atoms with Gasteiger partial charge in [-0.3, -0.25) is 4.79 Å².